The van der Waals surface area contributed by atoms with E-state index in [0.717, 1.165) is 4.90 Å². The lowest BCUT2D eigenvalue weighted by molar-refractivity contribution is -0.385. The fourth-order valence-corrected chi connectivity index (χ4v) is 4.73. The van der Waals surface area contributed by atoms with E-state index in [2.05, 4.69) is 16.0 Å². The first-order valence-corrected chi connectivity index (χ1v) is 13.9. The predicted octanol–water partition coefficient (Wildman–Crippen LogP) is 5.46. The van der Waals surface area contributed by atoms with E-state index in [1.54, 1.807) is 78.9 Å². The Morgan fingerprint density at radius 1 is 0.837 bits per heavy atom. The quantitative estimate of drug-likeness (QED) is 0.0945. The van der Waals surface area contributed by atoms with Crippen LogP contribution in [0.2, 0.25) is 0 Å². The van der Waals surface area contributed by atoms with Crippen LogP contribution in [0, 0.1) is 10.1 Å². The highest BCUT2D eigenvalue weighted by Gasteiger charge is 2.19. The first-order valence-electron chi connectivity index (χ1n) is 12.9. The van der Waals surface area contributed by atoms with Crippen molar-refractivity contribution in [3.63, 3.8) is 0 Å². The molecule has 0 aromatic heterocycles. The number of rotatable bonds is 10. The molecule has 0 fully saturated rings. The van der Waals surface area contributed by atoms with Crippen LogP contribution >= 0.6 is 11.8 Å². The summed E-state index contributed by atoms with van der Waals surface area (Å²) in [7, 11) is 0. The maximum absolute atomic E-state index is 13.3. The lowest BCUT2D eigenvalue weighted by Gasteiger charge is -2.12. The van der Waals surface area contributed by atoms with Crippen molar-refractivity contribution in [3.8, 4) is 11.5 Å². The van der Waals surface area contributed by atoms with E-state index >= 15 is 0 Å². The molecular weight excluding hydrogens is 572 g/mol. The van der Waals surface area contributed by atoms with Crippen LogP contribution in [0.25, 0.3) is 6.08 Å². The molecule has 216 valence electrons. The van der Waals surface area contributed by atoms with Crippen LogP contribution in [0.15, 0.2) is 108 Å². The van der Waals surface area contributed by atoms with Gasteiger partial charge in [0.05, 0.1) is 16.2 Å². The van der Waals surface area contributed by atoms with Crippen molar-refractivity contribution in [3.05, 3.63) is 124 Å². The number of benzene rings is 4. The zero-order chi connectivity index (χ0) is 30.2. The van der Waals surface area contributed by atoms with Crippen LogP contribution in [0.4, 0.5) is 17.1 Å². The van der Waals surface area contributed by atoms with Gasteiger partial charge in [-0.3, -0.25) is 24.5 Å². The molecule has 1 heterocycles. The van der Waals surface area contributed by atoms with Gasteiger partial charge in [-0.2, -0.15) is 0 Å². The van der Waals surface area contributed by atoms with Crippen molar-refractivity contribution >= 4 is 52.6 Å². The molecule has 1 aliphatic heterocycles. The Bertz CT molecular complexity index is 1710. The van der Waals surface area contributed by atoms with E-state index in [9.17, 15) is 24.5 Å². The molecule has 0 atom stereocenters. The van der Waals surface area contributed by atoms with Crippen LogP contribution < -0.4 is 25.4 Å². The van der Waals surface area contributed by atoms with Gasteiger partial charge in [-0.15, -0.1) is 11.8 Å². The minimum atomic E-state index is -0.675. The molecule has 0 radical (unpaired) electrons. The van der Waals surface area contributed by atoms with E-state index in [0.29, 0.717) is 28.4 Å². The summed E-state index contributed by atoms with van der Waals surface area (Å²) in [6, 6.07) is 26.1. The summed E-state index contributed by atoms with van der Waals surface area (Å²) in [5.41, 5.74) is 1.08. The summed E-state index contributed by atoms with van der Waals surface area (Å²) in [6.07, 6.45) is 1.26. The summed E-state index contributed by atoms with van der Waals surface area (Å²) >= 11 is 1.31. The topological polar surface area (TPSA) is 149 Å². The number of nitrogens with one attached hydrogen (secondary N) is 3. The van der Waals surface area contributed by atoms with Gasteiger partial charge >= 0.3 is 0 Å². The monoisotopic (exact) mass is 596 g/mol. The van der Waals surface area contributed by atoms with Crippen molar-refractivity contribution in [1.82, 2.24) is 5.32 Å². The van der Waals surface area contributed by atoms with Gasteiger partial charge in [0.1, 0.15) is 5.70 Å². The van der Waals surface area contributed by atoms with Gasteiger partial charge in [-0.25, -0.2) is 0 Å². The standard InChI is InChI=1S/C31H24N4O7S/c36-29(32-23-12-15-27-28(17-23)42-19-41-27)18-43-24-13-10-22(11-14-24)33-31(38)25(34-30(37)20-6-2-1-3-7-20)16-21-8-4-5-9-26(21)35(39)40/h1-17H,18-19H2,(H,32,36)(H,33,38)(H,34,37)/b25-16-. The largest absolute Gasteiger partial charge is 0.454 e. The van der Waals surface area contributed by atoms with Gasteiger partial charge in [0.15, 0.2) is 11.5 Å². The predicted molar refractivity (Wildman–Crippen MR) is 162 cm³/mol. The van der Waals surface area contributed by atoms with E-state index in [1.807, 2.05) is 0 Å². The molecule has 0 saturated heterocycles. The molecule has 3 N–H and O–H groups in total. The van der Waals surface area contributed by atoms with E-state index in [-0.39, 0.29) is 35.4 Å². The number of carbonyl (C=O) groups excluding carboxylic acids is 3. The highest BCUT2D eigenvalue weighted by atomic mass is 32.2. The minimum Gasteiger partial charge on any atom is -0.454 e. The third-order valence-corrected chi connectivity index (χ3v) is 7.11. The number of ether oxygens (including phenoxy) is 2. The van der Waals surface area contributed by atoms with Crippen molar-refractivity contribution in [2.45, 2.75) is 4.90 Å². The Kier molecular flexibility index (Phi) is 8.98. The van der Waals surface area contributed by atoms with E-state index in [1.165, 1.54) is 36.0 Å². The summed E-state index contributed by atoms with van der Waals surface area (Å²) in [5, 5.41) is 19.6. The maximum atomic E-state index is 13.3. The first-order chi connectivity index (χ1) is 20.9. The Morgan fingerprint density at radius 3 is 2.30 bits per heavy atom. The third-order valence-electron chi connectivity index (χ3n) is 6.10. The minimum absolute atomic E-state index is 0.147. The maximum Gasteiger partial charge on any atom is 0.276 e. The molecule has 0 saturated carbocycles. The number of hydrogen-bond donors (Lipinski definition) is 3. The average molecular weight is 597 g/mol. The summed E-state index contributed by atoms with van der Waals surface area (Å²) < 4.78 is 10.6. The number of para-hydroxylation sites is 1. The smallest absolute Gasteiger partial charge is 0.276 e. The zero-order valence-corrected chi connectivity index (χ0v) is 23.3. The van der Waals surface area contributed by atoms with Crippen molar-refractivity contribution in [2.24, 2.45) is 0 Å². The zero-order valence-electron chi connectivity index (χ0n) is 22.4. The number of amides is 3. The van der Waals surface area contributed by atoms with Crippen molar-refractivity contribution in [2.75, 3.05) is 23.2 Å². The molecule has 1 aliphatic rings. The number of nitrogens with zero attached hydrogens (tertiary/aromatic N) is 1. The lowest BCUT2D eigenvalue weighted by atomic mass is 10.1. The van der Waals surface area contributed by atoms with E-state index < -0.39 is 16.7 Å². The molecule has 4 aromatic rings. The Balaban J connectivity index is 1.24. The average Bonchev–Trinajstić information content (AvgIpc) is 3.49. The van der Waals surface area contributed by atoms with Crippen LogP contribution in [-0.4, -0.2) is 35.2 Å². The second kappa shape index (κ2) is 13.4. The number of anilines is 2. The fourth-order valence-electron chi connectivity index (χ4n) is 4.03. The van der Waals surface area contributed by atoms with Gasteiger partial charge in [-0.1, -0.05) is 30.3 Å². The molecule has 11 nitrogen and oxygen atoms in total. The number of hydrogen-bond acceptors (Lipinski definition) is 8. The van der Waals surface area contributed by atoms with Crippen LogP contribution in [0.3, 0.4) is 0 Å². The number of nitro benzene ring substituents is 1. The number of carbonyl (C=O) groups is 3. The number of fused-ring (bicyclic) bond motifs is 1. The molecule has 3 amide bonds. The first kappa shape index (κ1) is 28.9. The molecule has 0 bridgehead atoms. The molecule has 5 rings (SSSR count). The van der Waals surface area contributed by atoms with Crippen molar-refractivity contribution < 1.29 is 28.8 Å². The van der Waals surface area contributed by atoms with E-state index in [4.69, 9.17) is 9.47 Å². The highest BCUT2D eigenvalue weighted by molar-refractivity contribution is 8.00. The highest BCUT2D eigenvalue weighted by Crippen LogP contribution is 2.34. The molecule has 0 aliphatic carbocycles. The van der Waals surface area contributed by atoms with Gasteiger partial charge < -0.3 is 25.4 Å². The Labute approximate surface area is 250 Å². The molecule has 0 unspecified atom stereocenters. The Morgan fingerprint density at radius 2 is 1.53 bits per heavy atom. The summed E-state index contributed by atoms with van der Waals surface area (Å²) in [5.74, 6) is -0.0867. The fraction of sp³-hybridized carbons (Fsp3) is 0.0645. The summed E-state index contributed by atoms with van der Waals surface area (Å²) in [6.45, 7) is 0.147. The van der Waals surface area contributed by atoms with Gasteiger partial charge in [0.2, 0.25) is 12.7 Å². The van der Waals surface area contributed by atoms with Crippen LogP contribution in [0.5, 0.6) is 11.5 Å². The molecule has 12 heteroatoms. The van der Waals surface area contributed by atoms with Gasteiger partial charge in [0.25, 0.3) is 17.5 Å². The second-order valence-electron chi connectivity index (χ2n) is 9.08. The lowest BCUT2D eigenvalue weighted by Crippen LogP contribution is -2.30. The molecule has 0 spiro atoms. The third kappa shape index (κ3) is 7.57. The van der Waals surface area contributed by atoms with Crippen LogP contribution in [0.1, 0.15) is 15.9 Å². The molecular formula is C31H24N4O7S. The Hall–Kier alpha value is -5.62. The van der Waals surface area contributed by atoms with Crippen molar-refractivity contribution in [1.29, 1.82) is 0 Å². The summed E-state index contributed by atoms with van der Waals surface area (Å²) in [4.78, 5) is 50.3. The SMILES string of the molecule is O=C(CSc1ccc(NC(=O)/C(=C/c2ccccc2[N+](=O)[O-])NC(=O)c2ccccc2)cc1)Nc1ccc2c(c1)OCO2. The molecule has 43 heavy (non-hydrogen) atoms. The van der Waals surface area contributed by atoms with Crippen LogP contribution in [-0.2, 0) is 9.59 Å². The van der Waals surface area contributed by atoms with Gasteiger partial charge in [0, 0.05) is 34.0 Å². The number of thioether (sulfide) groups is 1. The molecule has 4 aromatic carbocycles. The number of nitro groups is 1. The van der Waals surface area contributed by atoms with Gasteiger partial charge in [-0.05, 0) is 60.7 Å². The normalized spacial score (nSPS) is 11.9. The second-order valence-corrected chi connectivity index (χ2v) is 10.1.